The van der Waals surface area contributed by atoms with Crippen LogP contribution in [0.4, 0.5) is 0 Å². The van der Waals surface area contributed by atoms with Crippen LogP contribution in [0, 0.1) is 0 Å². The van der Waals surface area contributed by atoms with Gasteiger partial charge in [0.25, 0.3) is 0 Å². The van der Waals surface area contributed by atoms with Crippen LogP contribution in [0.2, 0.25) is 0 Å². The first-order valence-corrected chi connectivity index (χ1v) is 8.91. The van der Waals surface area contributed by atoms with E-state index in [9.17, 15) is 4.79 Å². The van der Waals surface area contributed by atoms with Gasteiger partial charge in [-0.1, -0.05) is 72.8 Å². The number of nitrogens with zero attached hydrogens (tertiary/aromatic N) is 1. The van der Waals surface area contributed by atoms with E-state index in [1.54, 1.807) is 7.11 Å². The Hall–Kier alpha value is -3.11. The standard InChI is InChI=1S/C23H21NO3/c1-26-21-14-12-20(13-15-21)23(18-8-4-2-5-9-18,19-10-6-3-7-11-19)24-16-22(25)27-17-24/h2-15H,16-17H2,1H3. The molecule has 3 aromatic rings. The molecule has 0 atom stereocenters. The zero-order valence-corrected chi connectivity index (χ0v) is 15.2. The summed E-state index contributed by atoms with van der Waals surface area (Å²) in [7, 11) is 1.66. The van der Waals surface area contributed by atoms with Crippen molar-refractivity contribution in [1.29, 1.82) is 0 Å². The van der Waals surface area contributed by atoms with Gasteiger partial charge < -0.3 is 9.47 Å². The van der Waals surface area contributed by atoms with Gasteiger partial charge in [-0.15, -0.1) is 0 Å². The Morgan fingerprint density at radius 1 is 0.815 bits per heavy atom. The van der Waals surface area contributed by atoms with Gasteiger partial charge in [0.05, 0.1) is 7.11 Å². The molecule has 4 heteroatoms. The Kier molecular flexibility index (Phi) is 4.65. The third-order valence-electron chi connectivity index (χ3n) is 5.07. The van der Waals surface area contributed by atoms with Gasteiger partial charge in [-0.3, -0.25) is 4.79 Å². The highest BCUT2D eigenvalue weighted by molar-refractivity contribution is 5.74. The van der Waals surface area contributed by atoms with Crippen molar-refractivity contribution in [3.8, 4) is 5.75 Å². The number of benzene rings is 3. The van der Waals surface area contributed by atoms with Crippen LogP contribution in [0.5, 0.6) is 5.75 Å². The normalized spacial score (nSPS) is 14.8. The average molecular weight is 359 g/mol. The summed E-state index contributed by atoms with van der Waals surface area (Å²) in [6, 6.07) is 28.5. The van der Waals surface area contributed by atoms with Crippen molar-refractivity contribution < 1.29 is 14.3 Å². The van der Waals surface area contributed by atoms with Crippen molar-refractivity contribution in [2.75, 3.05) is 20.4 Å². The molecule has 4 rings (SSSR count). The summed E-state index contributed by atoms with van der Waals surface area (Å²) >= 11 is 0. The summed E-state index contributed by atoms with van der Waals surface area (Å²) in [5.74, 6) is 0.585. The second kappa shape index (κ2) is 7.25. The number of ether oxygens (including phenoxy) is 2. The zero-order chi connectivity index (χ0) is 18.7. The Bertz CT molecular complexity index is 868. The summed E-state index contributed by atoms with van der Waals surface area (Å²) in [6.07, 6.45) is 0. The fourth-order valence-corrected chi connectivity index (χ4v) is 3.85. The number of carbonyl (C=O) groups excluding carboxylic acids is 1. The number of hydrogen-bond acceptors (Lipinski definition) is 4. The maximum atomic E-state index is 12.0. The number of hydrogen-bond donors (Lipinski definition) is 0. The molecule has 1 saturated heterocycles. The molecule has 0 unspecified atom stereocenters. The first-order chi connectivity index (χ1) is 13.2. The van der Waals surface area contributed by atoms with E-state index in [-0.39, 0.29) is 19.2 Å². The smallest absolute Gasteiger partial charge is 0.321 e. The van der Waals surface area contributed by atoms with E-state index < -0.39 is 5.54 Å². The van der Waals surface area contributed by atoms with E-state index in [0.717, 1.165) is 22.4 Å². The molecule has 27 heavy (non-hydrogen) atoms. The number of cyclic esters (lactones) is 1. The fourth-order valence-electron chi connectivity index (χ4n) is 3.85. The molecule has 0 saturated carbocycles. The molecule has 1 fully saturated rings. The molecule has 0 N–H and O–H groups in total. The number of methoxy groups -OCH3 is 1. The summed E-state index contributed by atoms with van der Waals surface area (Å²) < 4.78 is 10.7. The van der Waals surface area contributed by atoms with Crippen LogP contribution in [-0.4, -0.2) is 31.3 Å². The lowest BCUT2D eigenvalue weighted by molar-refractivity contribution is -0.136. The van der Waals surface area contributed by atoms with E-state index >= 15 is 0 Å². The van der Waals surface area contributed by atoms with Crippen molar-refractivity contribution >= 4 is 5.97 Å². The van der Waals surface area contributed by atoms with Crippen LogP contribution in [0.1, 0.15) is 16.7 Å². The van der Waals surface area contributed by atoms with Gasteiger partial charge in [-0.2, -0.15) is 0 Å². The Labute approximate surface area is 159 Å². The van der Waals surface area contributed by atoms with E-state index in [0.29, 0.717) is 0 Å². The summed E-state index contributed by atoms with van der Waals surface area (Å²) in [4.78, 5) is 14.1. The van der Waals surface area contributed by atoms with Crippen LogP contribution < -0.4 is 4.74 Å². The first kappa shape index (κ1) is 17.3. The van der Waals surface area contributed by atoms with E-state index in [2.05, 4.69) is 41.3 Å². The van der Waals surface area contributed by atoms with Gasteiger partial charge in [0, 0.05) is 0 Å². The van der Waals surface area contributed by atoms with Gasteiger partial charge in [0.1, 0.15) is 24.6 Å². The Balaban J connectivity index is 2.00. The molecule has 136 valence electrons. The topological polar surface area (TPSA) is 38.8 Å². The molecule has 0 aromatic heterocycles. The van der Waals surface area contributed by atoms with Gasteiger partial charge in [0.15, 0.2) is 0 Å². The number of carbonyl (C=O) groups is 1. The lowest BCUT2D eigenvalue weighted by Gasteiger charge is -2.42. The minimum absolute atomic E-state index is 0.209. The van der Waals surface area contributed by atoms with Crippen molar-refractivity contribution in [3.05, 3.63) is 102 Å². The van der Waals surface area contributed by atoms with Crippen LogP contribution in [0.15, 0.2) is 84.9 Å². The summed E-state index contributed by atoms with van der Waals surface area (Å²) in [5, 5.41) is 0. The second-order valence-electron chi connectivity index (χ2n) is 6.51. The highest BCUT2D eigenvalue weighted by atomic mass is 16.6. The molecule has 0 amide bonds. The average Bonchev–Trinajstić information content (AvgIpc) is 3.17. The molecule has 1 aliphatic rings. The molecule has 0 aliphatic carbocycles. The SMILES string of the molecule is COc1ccc(C(c2ccccc2)(c2ccccc2)N2COC(=O)C2)cc1. The highest BCUT2D eigenvalue weighted by Crippen LogP contribution is 2.43. The predicted molar refractivity (Wildman–Crippen MR) is 103 cm³/mol. The van der Waals surface area contributed by atoms with Crippen LogP contribution in [-0.2, 0) is 15.1 Å². The first-order valence-electron chi connectivity index (χ1n) is 8.91. The summed E-state index contributed by atoms with van der Waals surface area (Å²) in [6.45, 7) is 0.477. The van der Waals surface area contributed by atoms with Crippen LogP contribution in [0.3, 0.4) is 0 Å². The van der Waals surface area contributed by atoms with E-state index in [1.807, 2.05) is 48.5 Å². The van der Waals surface area contributed by atoms with E-state index in [4.69, 9.17) is 9.47 Å². The molecule has 1 heterocycles. The minimum atomic E-state index is -0.638. The van der Waals surface area contributed by atoms with Gasteiger partial charge in [-0.05, 0) is 28.8 Å². The molecule has 4 nitrogen and oxygen atoms in total. The third-order valence-corrected chi connectivity index (χ3v) is 5.07. The van der Waals surface area contributed by atoms with Gasteiger partial charge in [0.2, 0.25) is 0 Å². The molecule has 1 aliphatic heterocycles. The van der Waals surface area contributed by atoms with Crippen molar-refractivity contribution in [2.24, 2.45) is 0 Å². The zero-order valence-electron chi connectivity index (χ0n) is 15.2. The van der Waals surface area contributed by atoms with Crippen LogP contribution in [0.25, 0.3) is 0 Å². The maximum absolute atomic E-state index is 12.0. The van der Waals surface area contributed by atoms with Crippen molar-refractivity contribution in [2.45, 2.75) is 5.54 Å². The molecular weight excluding hydrogens is 338 g/mol. The lowest BCUT2D eigenvalue weighted by atomic mass is 9.75. The number of esters is 1. The monoisotopic (exact) mass is 359 g/mol. The van der Waals surface area contributed by atoms with Crippen molar-refractivity contribution in [1.82, 2.24) is 4.90 Å². The Morgan fingerprint density at radius 2 is 1.33 bits per heavy atom. The molecule has 0 radical (unpaired) electrons. The van der Waals surface area contributed by atoms with Crippen LogP contribution >= 0.6 is 0 Å². The largest absolute Gasteiger partial charge is 0.497 e. The summed E-state index contributed by atoms with van der Waals surface area (Å²) in [5.41, 5.74) is 2.58. The molecule has 0 bridgehead atoms. The maximum Gasteiger partial charge on any atom is 0.321 e. The van der Waals surface area contributed by atoms with Gasteiger partial charge >= 0.3 is 5.97 Å². The lowest BCUT2D eigenvalue weighted by Crippen LogP contribution is -2.47. The van der Waals surface area contributed by atoms with Crippen molar-refractivity contribution in [3.63, 3.8) is 0 Å². The molecule has 0 spiro atoms. The Morgan fingerprint density at radius 3 is 1.78 bits per heavy atom. The quantitative estimate of drug-likeness (QED) is 0.513. The third kappa shape index (κ3) is 2.98. The molecular formula is C23H21NO3. The number of rotatable bonds is 5. The predicted octanol–water partition coefficient (Wildman–Crippen LogP) is 3.80. The molecule has 3 aromatic carbocycles. The second-order valence-corrected chi connectivity index (χ2v) is 6.51. The van der Waals surface area contributed by atoms with E-state index in [1.165, 1.54) is 0 Å². The fraction of sp³-hybridized carbons (Fsp3) is 0.174. The minimum Gasteiger partial charge on any atom is -0.497 e. The highest BCUT2D eigenvalue weighted by Gasteiger charge is 2.45. The van der Waals surface area contributed by atoms with Gasteiger partial charge in [-0.25, -0.2) is 4.90 Å².